The van der Waals surface area contributed by atoms with Crippen molar-refractivity contribution in [2.75, 3.05) is 20.2 Å². The molecule has 1 rings (SSSR count). The number of ether oxygens (including phenoxy) is 1. The Morgan fingerprint density at radius 2 is 2.06 bits per heavy atom. The first-order valence-electron chi connectivity index (χ1n) is 6.10. The first kappa shape index (κ1) is 14.3. The van der Waals surface area contributed by atoms with E-state index in [0.717, 1.165) is 6.42 Å². The number of hydrogen-bond donors (Lipinski definition) is 1. The molecule has 1 heterocycles. The number of hydrogen-bond acceptors (Lipinski definition) is 4. The molecule has 1 saturated heterocycles. The minimum atomic E-state index is -0.429. The van der Waals surface area contributed by atoms with E-state index in [2.05, 4.69) is 12.4 Å². The van der Waals surface area contributed by atoms with Crippen molar-refractivity contribution < 1.29 is 14.4 Å². The quantitative estimate of drug-likeness (QED) is 0.752. The number of carbonyl (C=O) groups excluding carboxylic acids is 1. The smallest absolute Gasteiger partial charge is 0.410 e. The van der Waals surface area contributed by atoms with Crippen molar-refractivity contribution in [2.45, 2.75) is 45.8 Å². The van der Waals surface area contributed by atoms with Crippen molar-refractivity contribution in [3.8, 4) is 0 Å². The molecule has 1 fully saturated rings. The first-order chi connectivity index (χ1) is 7.83. The third-order valence-electron chi connectivity index (χ3n) is 2.83. The maximum atomic E-state index is 11.9. The van der Waals surface area contributed by atoms with Crippen LogP contribution < -0.4 is 5.48 Å². The van der Waals surface area contributed by atoms with Crippen LogP contribution in [0.3, 0.4) is 0 Å². The second kappa shape index (κ2) is 5.69. The van der Waals surface area contributed by atoms with Gasteiger partial charge < -0.3 is 14.5 Å². The molecule has 0 saturated carbocycles. The van der Waals surface area contributed by atoms with E-state index in [1.807, 2.05) is 20.8 Å². The van der Waals surface area contributed by atoms with Crippen molar-refractivity contribution in [1.82, 2.24) is 10.4 Å². The van der Waals surface area contributed by atoms with Crippen LogP contribution in [0, 0.1) is 5.92 Å². The van der Waals surface area contributed by atoms with E-state index in [1.165, 1.54) is 0 Å². The van der Waals surface area contributed by atoms with Gasteiger partial charge in [0, 0.05) is 19.1 Å². The molecule has 0 spiro atoms. The zero-order valence-electron chi connectivity index (χ0n) is 11.4. The fourth-order valence-electron chi connectivity index (χ4n) is 1.96. The lowest BCUT2D eigenvalue weighted by Gasteiger charge is -2.37. The molecular weight excluding hydrogens is 220 g/mol. The molecule has 100 valence electrons. The summed E-state index contributed by atoms with van der Waals surface area (Å²) < 4.78 is 5.36. The van der Waals surface area contributed by atoms with Crippen LogP contribution in [0.5, 0.6) is 0 Å². The Hall–Kier alpha value is -0.810. The predicted molar refractivity (Wildman–Crippen MR) is 65.5 cm³/mol. The van der Waals surface area contributed by atoms with Crippen LogP contribution in [0.25, 0.3) is 0 Å². The Labute approximate surface area is 103 Å². The van der Waals surface area contributed by atoms with Crippen LogP contribution in [-0.4, -0.2) is 42.8 Å². The molecule has 0 aromatic rings. The maximum Gasteiger partial charge on any atom is 0.410 e. The summed E-state index contributed by atoms with van der Waals surface area (Å²) in [6.45, 7) is 9.16. The molecule has 1 aliphatic rings. The standard InChI is InChI=1S/C12H24N2O3/c1-9-8-14(7-6-10(9)13-16-5)11(15)17-12(2,3)4/h9-10,13H,6-8H2,1-5H3. The van der Waals surface area contributed by atoms with Gasteiger partial charge in [-0.1, -0.05) is 6.92 Å². The van der Waals surface area contributed by atoms with E-state index in [9.17, 15) is 4.79 Å². The molecule has 17 heavy (non-hydrogen) atoms. The summed E-state index contributed by atoms with van der Waals surface area (Å²) in [5.74, 6) is 0.358. The molecule has 1 aliphatic heterocycles. The molecule has 1 amide bonds. The van der Waals surface area contributed by atoms with Crippen LogP contribution in [0.15, 0.2) is 0 Å². The average molecular weight is 244 g/mol. The molecule has 2 atom stereocenters. The molecule has 1 N–H and O–H groups in total. The minimum absolute atomic E-state index is 0.222. The van der Waals surface area contributed by atoms with E-state index in [4.69, 9.17) is 9.57 Å². The lowest BCUT2D eigenvalue weighted by Crippen LogP contribution is -2.50. The van der Waals surface area contributed by atoms with E-state index in [-0.39, 0.29) is 6.09 Å². The number of rotatable bonds is 2. The van der Waals surface area contributed by atoms with Crippen LogP contribution in [-0.2, 0) is 9.57 Å². The maximum absolute atomic E-state index is 11.9. The van der Waals surface area contributed by atoms with Crippen LogP contribution in [0.2, 0.25) is 0 Å². The predicted octanol–water partition coefficient (Wildman–Crippen LogP) is 1.78. The van der Waals surface area contributed by atoms with Gasteiger partial charge in [0.25, 0.3) is 0 Å². The van der Waals surface area contributed by atoms with Crippen molar-refractivity contribution in [3.63, 3.8) is 0 Å². The summed E-state index contributed by atoms with van der Waals surface area (Å²) in [7, 11) is 1.62. The fraction of sp³-hybridized carbons (Fsp3) is 0.917. The molecule has 2 unspecified atom stereocenters. The second-order valence-electron chi connectivity index (χ2n) is 5.62. The van der Waals surface area contributed by atoms with Gasteiger partial charge >= 0.3 is 6.09 Å². The Morgan fingerprint density at radius 3 is 2.53 bits per heavy atom. The summed E-state index contributed by atoms with van der Waals surface area (Å²) in [5, 5.41) is 0. The molecule has 0 aromatic heterocycles. The van der Waals surface area contributed by atoms with Gasteiger partial charge in [-0.05, 0) is 33.1 Å². The third kappa shape index (κ3) is 4.52. The Morgan fingerprint density at radius 1 is 1.41 bits per heavy atom. The fourth-order valence-corrected chi connectivity index (χ4v) is 1.96. The molecule has 0 bridgehead atoms. The van der Waals surface area contributed by atoms with Crippen molar-refractivity contribution in [2.24, 2.45) is 5.92 Å². The summed E-state index contributed by atoms with van der Waals surface area (Å²) in [6.07, 6.45) is 0.661. The summed E-state index contributed by atoms with van der Waals surface area (Å²) in [5.41, 5.74) is 2.53. The van der Waals surface area contributed by atoms with Gasteiger partial charge in [0.1, 0.15) is 5.60 Å². The number of amides is 1. The summed E-state index contributed by atoms with van der Waals surface area (Å²) in [6, 6.07) is 0.304. The summed E-state index contributed by atoms with van der Waals surface area (Å²) >= 11 is 0. The first-order valence-corrected chi connectivity index (χ1v) is 6.10. The monoisotopic (exact) mass is 244 g/mol. The molecule has 0 aromatic carbocycles. The zero-order valence-corrected chi connectivity index (χ0v) is 11.4. The molecule has 0 aliphatic carbocycles. The lowest BCUT2D eigenvalue weighted by atomic mass is 9.95. The second-order valence-corrected chi connectivity index (χ2v) is 5.62. The largest absolute Gasteiger partial charge is 0.444 e. The van der Waals surface area contributed by atoms with Crippen LogP contribution in [0.4, 0.5) is 4.79 Å². The minimum Gasteiger partial charge on any atom is -0.444 e. The third-order valence-corrected chi connectivity index (χ3v) is 2.83. The number of nitrogens with zero attached hydrogens (tertiary/aromatic N) is 1. The van der Waals surface area contributed by atoms with Gasteiger partial charge in [-0.15, -0.1) is 0 Å². The number of nitrogens with one attached hydrogen (secondary N) is 1. The molecular formula is C12H24N2O3. The van der Waals surface area contributed by atoms with Crippen molar-refractivity contribution in [3.05, 3.63) is 0 Å². The van der Waals surface area contributed by atoms with E-state index in [1.54, 1.807) is 12.0 Å². The number of hydroxylamine groups is 1. The van der Waals surface area contributed by atoms with Crippen molar-refractivity contribution in [1.29, 1.82) is 0 Å². The highest BCUT2D eigenvalue weighted by Gasteiger charge is 2.31. The zero-order chi connectivity index (χ0) is 13.1. The van der Waals surface area contributed by atoms with E-state index >= 15 is 0 Å². The Bertz CT molecular complexity index is 263. The SMILES string of the molecule is CONC1CCN(C(=O)OC(C)(C)C)CC1C. The normalized spacial score (nSPS) is 25.8. The van der Waals surface area contributed by atoms with Gasteiger partial charge in [0.05, 0.1) is 7.11 Å². The van der Waals surface area contributed by atoms with Gasteiger partial charge in [-0.2, -0.15) is 5.48 Å². The lowest BCUT2D eigenvalue weighted by molar-refractivity contribution is -0.00735. The van der Waals surface area contributed by atoms with Gasteiger partial charge in [-0.3, -0.25) is 0 Å². The number of likely N-dealkylation sites (tertiary alicyclic amines) is 1. The highest BCUT2D eigenvalue weighted by atomic mass is 16.6. The van der Waals surface area contributed by atoms with E-state index < -0.39 is 5.60 Å². The highest BCUT2D eigenvalue weighted by molar-refractivity contribution is 5.68. The number of piperidine rings is 1. The molecule has 0 radical (unpaired) electrons. The summed E-state index contributed by atoms with van der Waals surface area (Å²) in [4.78, 5) is 18.6. The van der Waals surface area contributed by atoms with E-state index in [0.29, 0.717) is 25.0 Å². The van der Waals surface area contributed by atoms with Gasteiger partial charge in [0.15, 0.2) is 0 Å². The Balaban J connectivity index is 2.46. The van der Waals surface area contributed by atoms with Crippen molar-refractivity contribution >= 4 is 6.09 Å². The van der Waals surface area contributed by atoms with Gasteiger partial charge in [-0.25, -0.2) is 4.79 Å². The highest BCUT2D eigenvalue weighted by Crippen LogP contribution is 2.19. The molecule has 5 heteroatoms. The average Bonchev–Trinajstić information content (AvgIpc) is 2.18. The van der Waals surface area contributed by atoms with Gasteiger partial charge in [0.2, 0.25) is 0 Å². The van der Waals surface area contributed by atoms with Crippen LogP contribution in [0.1, 0.15) is 34.1 Å². The Kier molecular flexibility index (Phi) is 4.77. The topological polar surface area (TPSA) is 50.8 Å². The molecule has 5 nitrogen and oxygen atoms in total. The van der Waals surface area contributed by atoms with Crippen LogP contribution >= 0.6 is 0 Å². The number of carbonyl (C=O) groups is 1.